The zero-order chi connectivity index (χ0) is 21.5. The maximum Gasteiger partial charge on any atom is 0.318 e. The lowest BCUT2D eigenvalue weighted by Gasteiger charge is -2.42. The Morgan fingerprint density at radius 3 is 2.80 bits per heavy atom. The molecule has 2 bridgehead atoms. The molecule has 1 saturated heterocycles. The number of fused-ring (bicyclic) bond motifs is 4. The number of amides is 3. The Balaban J connectivity index is 1.44. The van der Waals surface area contributed by atoms with Gasteiger partial charge in [0.1, 0.15) is 6.04 Å². The number of likely N-dealkylation sites (tertiary alicyclic amines) is 1. The van der Waals surface area contributed by atoms with Gasteiger partial charge in [0, 0.05) is 57.1 Å². The smallest absolute Gasteiger partial charge is 0.318 e. The highest BCUT2D eigenvalue weighted by Gasteiger charge is 2.36. The average Bonchev–Trinajstić information content (AvgIpc) is 2.73. The van der Waals surface area contributed by atoms with Gasteiger partial charge in [0.15, 0.2) is 0 Å². The van der Waals surface area contributed by atoms with E-state index in [1.807, 2.05) is 10.6 Å². The van der Waals surface area contributed by atoms with Crippen molar-refractivity contribution in [1.82, 2.24) is 20.1 Å². The van der Waals surface area contributed by atoms with E-state index in [1.165, 1.54) is 0 Å². The van der Waals surface area contributed by atoms with Crippen molar-refractivity contribution in [3.8, 4) is 0 Å². The van der Waals surface area contributed by atoms with Crippen LogP contribution in [0.25, 0.3) is 0 Å². The fraction of sp³-hybridized carbons (Fsp3) is 0.682. The molecule has 3 rings (SSSR count). The number of carbonyl (C=O) groups excluding carboxylic acids is 2. The third-order valence-corrected chi connectivity index (χ3v) is 5.91. The number of hydrogen-bond acceptors (Lipinski definition) is 4. The molecular weight excluding hydrogens is 384 g/mol. The number of rotatable bonds is 9. The fourth-order valence-corrected chi connectivity index (χ4v) is 4.29. The van der Waals surface area contributed by atoms with E-state index in [0.29, 0.717) is 32.8 Å². The van der Waals surface area contributed by atoms with Gasteiger partial charge in [-0.15, -0.1) is 0 Å². The summed E-state index contributed by atoms with van der Waals surface area (Å²) in [5.74, 6) is 0.235. The molecule has 30 heavy (non-hydrogen) atoms. The van der Waals surface area contributed by atoms with Gasteiger partial charge in [0.2, 0.25) is 5.91 Å². The first-order valence-electron chi connectivity index (χ1n) is 11.1. The SMILES string of the molecule is CCCCOCCCNC(=O)C(C)NC(=O)N1CC2CC(C1)c1cccc(=O)n1C2. The third kappa shape index (κ3) is 5.62. The summed E-state index contributed by atoms with van der Waals surface area (Å²) in [5.41, 5.74) is 1.03. The second-order valence-corrected chi connectivity index (χ2v) is 8.38. The number of piperidine rings is 1. The number of nitrogens with one attached hydrogen (secondary N) is 2. The minimum atomic E-state index is -0.602. The van der Waals surface area contributed by atoms with Gasteiger partial charge in [-0.05, 0) is 38.2 Å². The number of hydrogen-bond donors (Lipinski definition) is 2. The molecule has 3 unspecified atom stereocenters. The van der Waals surface area contributed by atoms with Gasteiger partial charge in [0.25, 0.3) is 5.56 Å². The van der Waals surface area contributed by atoms with Crippen LogP contribution in [0.4, 0.5) is 4.79 Å². The molecule has 1 aromatic heterocycles. The van der Waals surface area contributed by atoms with Gasteiger partial charge in [-0.2, -0.15) is 0 Å². The molecule has 3 amide bonds. The molecule has 166 valence electrons. The summed E-state index contributed by atoms with van der Waals surface area (Å²) in [6.45, 7) is 7.55. The number of nitrogens with zero attached hydrogens (tertiary/aromatic N) is 2. The number of carbonyl (C=O) groups is 2. The molecule has 0 aliphatic carbocycles. The third-order valence-electron chi connectivity index (χ3n) is 5.91. The highest BCUT2D eigenvalue weighted by Crippen LogP contribution is 2.34. The summed E-state index contributed by atoms with van der Waals surface area (Å²) in [5, 5.41) is 5.67. The Labute approximate surface area is 178 Å². The topological polar surface area (TPSA) is 92.7 Å². The molecular formula is C22H34N4O4. The molecule has 3 heterocycles. The second kappa shape index (κ2) is 10.6. The Kier molecular flexibility index (Phi) is 7.90. The predicted molar refractivity (Wildman–Crippen MR) is 114 cm³/mol. The van der Waals surface area contributed by atoms with Gasteiger partial charge < -0.3 is 24.8 Å². The van der Waals surface area contributed by atoms with Gasteiger partial charge in [-0.1, -0.05) is 19.4 Å². The number of urea groups is 1. The maximum atomic E-state index is 12.7. The van der Waals surface area contributed by atoms with Gasteiger partial charge in [0.05, 0.1) is 0 Å². The lowest BCUT2D eigenvalue weighted by atomic mass is 9.83. The van der Waals surface area contributed by atoms with Crippen LogP contribution in [-0.2, 0) is 16.1 Å². The van der Waals surface area contributed by atoms with Crippen LogP contribution >= 0.6 is 0 Å². The largest absolute Gasteiger partial charge is 0.381 e. The number of ether oxygens (including phenoxy) is 1. The minimum Gasteiger partial charge on any atom is -0.381 e. The van der Waals surface area contributed by atoms with Gasteiger partial charge >= 0.3 is 6.03 Å². The van der Waals surface area contributed by atoms with E-state index < -0.39 is 6.04 Å². The van der Waals surface area contributed by atoms with Crippen molar-refractivity contribution < 1.29 is 14.3 Å². The quantitative estimate of drug-likeness (QED) is 0.597. The van der Waals surface area contributed by atoms with Crippen LogP contribution in [0.15, 0.2) is 23.0 Å². The van der Waals surface area contributed by atoms with E-state index in [9.17, 15) is 14.4 Å². The number of pyridine rings is 1. The van der Waals surface area contributed by atoms with Crippen LogP contribution < -0.4 is 16.2 Å². The average molecular weight is 419 g/mol. The van der Waals surface area contributed by atoms with Gasteiger partial charge in [-0.3, -0.25) is 9.59 Å². The van der Waals surface area contributed by atoms with Crippen LogP contribution in [0.2, 0.25) is 0 Å². The zero-order valence-electron chi connectivity index (χ0n) is 18.1. The molecule has 1 fully saturated rings. The zero-order valence-corrected chi connectivity index (χ0v) is 18.1. The summed E-state index contributed by atoms with van der Waals surface area (Å²) < 4.78 is 7.32. The molecule has 2 aliphatic rings. The maximum absolute atomic E-state index is 12.7. The van der Waals surface area contributed by atoms with E-state index in [2.05, 4.69) is 17.6 Å². The van der Waals surface area contributed by atoms with E-state index in [4.69, 9.17) is 4.74 Å². The lowest BCUT2D eigenvalue weighted by molar-refractivity contribution is -0.122. The molecule has 0 spiro atoms. The first-order chi connectivity index (χ1) is 14.5. The summed E-state index contributed by atoms with van der Waals surface area (Å²) in [6.07, 6.45) is 3.90. The molecule has 2 aliphatic heterocycles. The van der Waals surface area contributed by atoms with E-state index >= 15 is 0 Å². The molecule has 8 heteroatoms. The van der Waals surface area contributed by atoms with Crippen LogP contribution in [-0.4, -0.2) is 60.3 Å². The van der Waals surface area contributed by atoms with E-state index in [-0.39, 0.29) is 29.3 Å². The standard InChI is InChI=1S/C22H34N4O4/c1-3-4-10-30-11-6-9-23-21(28)16(2)24-22(29)25-13-17-12-18(15-25)19-7-5-8-20(27)26(19)14-17/h5,7-8,16-18H,3-4,6,9-15H2,1-2H3,(H,23,28)(H,24,29). The summed E-state index contributed by atoms with van der Waals surface area (Å²) >= 11 is 0. The van der Waals surface area contributed by atoms with Crippen LogP contribution in [0.3, 0.4) is 0 Å². The summed E-state index contributed by atoms with van der Waals surface area (Å²) in [4.78, 5) is 38.9. The molecule has 8 nitrogen and oxygen atoms in total. The summed E-state index contributed by atoms with van der Waals surface area (Å²) in [7, 11) is 0. The minimum absolute atomic E-state index is 0.0289. The van der Waals surface area contributed by atoms with Crippen molar-refractivity contribution in [2.45, 2.75) is 58.0 Å². The number of aromatic nitrogens is 1. The predicted octanol–water partition coefficient (Wildman–Crippen LogP) is 1.69. The van der Waals surface area contributed by atoms with Crippen LogP contribution in [0, 0.1) is 5.92 Å². The molecule has 0 aromatic carbocycles. The van der Waals surface area contributed by atoms with Crippen molar-refractivity contribution in [3.05, 3.63) is 34.2 Å². The first kappa shape index (κ1) is 22.3. The Morgan fingerprint density at radius 2 is 2.00 bits per heavy atom. The Hall–Kier alpha value is -2.35. The normalized spacial score (nSPS) is 20.9. The highest BCUT2D eigenvalue weighted by molar-refractivity contribution is 5.86. The van der Waals surface area contributed by atoms with Crippen molar-refractivity contribution in [2.75, 3.05) is 32.8 Å². The first-order valence-corrected chi connectivity index (χ1v) is 11.1. The Bertz CT molecular complexity index is 794. The highest BCUT2D eigenvalue weighted by atomic mass is 16.5. The Morgan fingerprint density at radius 1 is 1.20 bits per heavy atom. The van der Waals surface area contributed by atoms with Crippen molar-refractivity contribution in [2.24, 2.45) is 5.92 Å². The molecule has 0 saturated carbocycles. The van der Waals surface area contributed by atoms with Crippen LogP contribution in [0.5, 0.6) is 0 Å². The van der Waals surface area contributed by atoms with Crippen LogP contribution in [0.1, 0.15) is 51.1 Å². The van der Waals surface area contributed by atoms with Crippen molar-refractivity contribution in [1.29, 1.82) is 0 Å². The second-order valence-electron chi connectivity index (χ2n) is 8.38. The lowest BCUT2D eigenvalue weighted by Crippen LogP contribution is -2.55. The molecule has 2 N–H and O–H groups in total. The number of unbranched alkanes of at least 4 members (excludes halogenated alkanes) is 1. The fourth-order valence-electron chi connectivity index (χ4n) is 4.29. The van der Waals surface area contributed by atoms with Crippen molar-refractivity contribution >= 4 is 11.9 Å². The molecule has 1 aromatic rings. The summed E-state index contributed by atoms with van der Waals surface area (Å²) in [6, 6.07) is 4.53. The molecule has 0 radical (unpaired) electrons. The van der Waals surface area contributed by atoms with Crippen molar-refractivity contribution in [3.63, 3.8) is 0 Å². The van der Waals surface area contributed by atoms with E-state index in [0.717, 1.165) is 38.0 Å². The monoisotopic (exact) mass is 418 g/mol. The van der Waals surface area contributed by atoms with Gasteiger partial charge in [-0.25, -0.2) is 4.79 Å². The van der Waals surface area contributed by atoms with E-state index in [1.54, 1.807) is 24.0 Å². The molecule has 3 atom stereocenters.